The Kier molecular flexibility index (Phi) is 9.87. The van der Waals surface area contributed by atoms with Gasteiger partial charge in [0.1, 0.15) is 5.75 Å². The van der Waals surface area contributed by atoms with Crippen molar-refractivity contribution in [3.63, 3.8) is 0 Å². The molecule has 0 unspecified atom stereocenters. The van der Waals surface area contributed by atoms with Crippen LogP contribution in [0.2, 0.25) is 0 Å². The molecule has 1 N–H and O–H groups in total. The molecule has 0 fully saturated rings. The second-order valence-electron chi connectivity index (χ2n) is 5.53. The Morgan fingerprint density at radius 2 is 1.77 bits per heavy atom. The van der Waals surface area contributed by atoms with Gasteiger partial charge < -0.3 is 19.3 Å². The lowest BCUT2D eigenvalue weighted by molar-refractivity contribution is -0.0168. The number of methoxy groups -OCH3 is 2. The number of aliphatic hydroxyl groups is 1. The molecule has 1 aromatic rings. The van der Waals surface area contributed by atoms with E-state index in [4.69, 9.17) is 19.3 Å². The molecule has 0 aliphatic carbocycles. The fourth-order valence-corrected chi connectivity index (χ4v) is 2.47. The number of benzene rings is 1. The van der Waals surface area contributed by atoms with Gasteiger partial charge in [-0.15, -0.1) is 0 Å². The zero-order valence-corrected chi connectivity index (χ0v) is 14.1. The average molecular weight is 310 g/mol. The molecule has 0 radical (unpaired) electrons. The van der Waals surface area contributed by atoms with Crippen LogP contribution in [-0.2, 0) is 16.1 Å². The van der Waals surface area contributed by atoms with Crippen LogP contribution in [0.5, 0.6) is 5.75 Å². The zero-order chi connectivity index (χ0) is 16.2. The molecule has 0 spiro atoms. The molecule has 4 nitrogen and oxygen atoms in total. The van der Waals surface area contributed by atoms with E-state index < -0.39 is 0 Å². The van der Waals surface area contributed by atoms with Crippen molar-refractivity contribution in [1.82, 2.24) is 0 Å². The van der Waals surface area contributed by atoms with E-state index in [1.807, 2.05) is 24.3 Å². The lowest BCUT2D eigenvalue weighted by Crippen LogP contribution is -2.23. The molecule has 0 bridgehead atoms. The van der Waals surface area contributed by atoms with E-state index in [-0.39, 0.29) is 18.8 Å². The van der Waals surface area contributed by atoms with Gasteiger partial charge in [-0.05, 0) is 43.4 Å². The maximum atomic E-state index is 8.95. The van der Waals surface area contributed by atoms with Gasteiger partial charge in [0.15, 0.2) is 0 Å². The highest BCUT2D eigenvalue weighted by Gasteiger charge is 2.16. The van der Waals surface area contributed by atoms with Crippen molar-refractivity contribution in [2.45, 2.75) is 57.8 Å². The fraction of sp³-hybridized carbons (Fsp3) is 0.667. The number of hydrogen-bond donors (Lipinski definition) is 1. The summed E-state index contributed by atoms with van der Waals surface area (Å²) in [6.45, 7) is 2.98. The third kappa shape index (κ3) is 7.25. The Labute approximate surface area is 134 Å². The van der Waals surface area contributed by atoms with Gasteiger partial charge in [0.2, 0.25) is 0 Å². The van der Waals surface area contributed by atoms with Crippen molar-refractivity contribution in [2.75, 3.05) is 20.8 Å². The predicted octanol–water partition coefficient (Wildman–Crippen LogP) is 3.56. The zero-order valence-electron chi connectivity index (χ0n) is 14.1. The van der Waals surface area contributed by atoms with Gasteiger partial charge in [-0.25, -0.2) is 0 Å². The SMILES string of the molecule is CCC[C@@H](C[C@@H](CCCO)OC)OCc1ccc(OC)cc1. The molecule has 126 valence electrons. The first-order valence-corrected chi connectivity index (χ1v) is 8.11. The minimum absolute atomic E-state index is 0.152. The van der Waals surface area contributed by atoms with Gasteiger partial charge in [0, 0.05) is 13.7 Å². The quantitative estimate of drug-likeness (QED) is 0.641. The maximum Gasteiger partial charge on any atom is 0.118 e. The Morgan fingerprint density at radius 1 is 1.05 bits per heavy atom. The molecular weight excluding hydrogens is 280 g/mol. The van der Waals surface area contributed by atoms with E-state index in [1.54, 1.807) is 14.2 Å². The van der Waals surface area contributed by atoms with Gasteiger partial charge in [-0.1, -0.05) is 25.5 Å². The van der Waals surface area contributed by atoms with E-state index in [0.717, 1.165) is 43.4 Å². The number of aliphatic hydroxyl groups excluding tert-OH is 1. The normalized spacial score (nSPS) is 13.8. The molecular formula is C18H30O4. The first-order chi connectivity index (χ1) is 10.7. The highest BCUT2D eigenvalue weighted by atomic mass is 16.5. The molecule has 0 amide bonds. The Hall–Kier alpha value is -1.10. The Morgan fingerprint density at radius 3 is 2.32 bits per heavy atom. The average Bonchev–Trinajstić information content (AvgIpc) is 2.56. The number of rotatable bonds is 12. The minimum Gasteiger partial charge on any atom is -0.497 e. The second-order valence-corrected chi connectivity index (χ2v) is 5.53. The van der Waals surface area contributed by atoms with Crippen LogP contribution in [0, 0.1) is 0 Å². The summed E-state index contributed by atoms with van der Waals surface area (Å²) < 4.78 is 16.7. The summed E-state index contributed by atoms with van der Waals surface area (Å²) in [5, 5.41) is 8.95. The minimum atomic E-state index is 0.152. The maximum absolute atomic E-state index is 8.95. The third-order valence-corrected chi connectivity index (χ3v) is 3.80. The van der Waals surface area contributed by atoms with Gasteiger partial charge in [-0.3, -0.25) is 0 Å². The summed E-state index contributed by atoms with van der Waals surface area (Å²) in [6.07, 6.45) is 4.98. The molecule has 0 heterocycles. The summed E-state index contributed by atoms with van der Waals surface area (Å²) in [6, 6.07) is 7.96. The molecule has 1 rings (SSSR count). The molecule has 0 aliphatic heterocycles. The number of hydrogen-bond acceptors (Lipinski definition) is 4. The van der Waals surface area contributed by atoms with Crippen LogP contribution in [0.25, 0.3) is 0 Å². The van der Waals surface area contributed by atoms with Crippen molar-refractivity contribution in [3.05, 3.63) is 29.8 Å². The highest BCUT2D eigenvalue weighted by Crippen LogP contribution is 2.18. The van der Waals surface area contributed by atoms with Crippen molar-refractivity contribution in [1.29, 1.82) is 0 Å². The molecule has 1 aromatic carbocycles. The van der Waals surface area contributed by atoms with Crippen molar-refractivity contribution in [3.8, 4) is 5.75 Å². The fourth-order valence-electron chi connectivity index (χ4n) is 2.47. The van der Waals surface area contributed by atoms with E-state index in [1.165, 1.54) is 0 Å². The van der Waals surface area contributed by atoms with Crippen molar-refractivity contribution in [2.24, 2.45) is 0 Å². The first-order valence-electron chi connectivity index (χ1n) is 8.11. The lowest BCUT2D eigenvalue weighted by atomic mass is 10.0. The summed E-state index contributed by atoms with van der Waals surface area (Å²) in [5.74, 6) is 0.859. The van der Waals surface area contributed by atoms with Crippen molar-refractivity contribution >= 4 is 0 Å². The molecule has 4 heteroatoms. The summed E-state index contributed by atoms with van der Waals surface area (Å²) >= 11 is 0. The Bertz CT molecular complexity index is 377. The molecule has 22 heavy (non-hydrogen) atoms. The molecule has 0 aromatic heterocycles. The second kappa shape index (κ2) is 11.5. The number of ether oxygens (including phenoxy) is 3. The largest absolute Gasteiger partial charge is 0.497 e. The smallest absolute Gasteiger partial charge is 0.118 e. The van der Waals surface area contributed by atoms with Gasteiger partial charge >= 0.3 is 0 Å². The summed E-state index contributed by atoms with van der Waals surface area (Å²) in [5.41, 5.74) is 1.14. The van der Waals surface area contributed by atoms with E-state index in [9.17, 15) is 0 Å². The van der Waals surface area contributed by atoms with E-state index in [2.05, 4.69) is 6.92 Å². The van der Waals surface area contributed by atoms with Gasteiger partial charge in [0.05, 0.1) is 25.9 Å². The van der Waals surface area contributed by atoms with E-state index in [0.29, 0.717) is 6.61 Å². The topological polar surface area (TPSA) is 47.9 Å². The van der Waals surface area contributed by atoms with Crippen LogP contribution >= 0.6 is 0 Å². The third-order valence-electron chi connectivity index (χ3n) is 3.80. The van der Waals surface area contributed by atoms with Crippen LogP contribution in [0.3, 0.4) is 0 Å². The highest BCUT2D eigenvalue weighted by molar-refractivity contribution is 5.26. The van der Waals surface area contributed by atoms with Gasteiger partial charge in [-0.2, -0.15) is 0 Å². The van der Waals surface area contributed by atoms with Crippen LogP contribution in [0.1, 0.15) is 44.6 Å². The monoisotopic (exact) mass is 310 g/mol. The standard InChI is InChI=1S/C18H30O4/c1-4-6-18(13-17(21-3)7-5-12-19)22-14-15-8-10-16(20-2)11-9-15/h8-11,17-19H,4-7,12-14H2,1-3H3/t17-,18+/m1/s1. The van der Waals surface area contributed by atoms with Gasteiger partial charge in [0.25, 0.3) is 0 Å². The molecule has 0 saturated heterocycles. The van der Waals surface area contributed by atoms with Crippen LogP contribution < -0.4 is 4.74 Å². The van der Waals surface area contributed by atoms with Crippen LogP contribution in [-0.4, -0.2) is 38.1 Å². The van der Waals surface area contributed by atoms with Crippen LogP contribution in [0.4, 0.5) is 0 Å². The van der Waals surface area contributed by atoms with Crippen LogP contribution in [0.15, 0.2) is 24.3 Å². The van der Waals surface area contributed by atoms with E-state index >= 15 is 0 Å². The summed E-state index contributed by atoms with van der Waals surface area (Å²) in [7, 11) is 3.40. The Balaban J connectivity index is 2.47. The lowest BCUT2D eigenvalue weighted by Gasteiger charge is -2.23. The molecule has 0 saturated carbocycles. The predicted molar refractivity (Wildman–Crippen MR) is 88.2 cm³/mol. The van der Waals surface area contributed by atoms with Crippen molar-refractivity contribution < 1.29 is 19.3 Å². The molecule has 2 atom stereocenters. The summed E-state index contributed by atoms with van der Waals surface area (Å²) in [4.78, 5) is 0. The molecule has 0 aliphatic rings. The first kappa shape index (κ1) is 18.9.